The van der Waals surface area contributed by atoms with E-state index in [0.29, 0.717) is 11.1 Å². The van der Waals surface area contributed by atoms with E-state index >= 15 is 9.59 Å². The molecule has 35 nitrogen and oxygen atoms in total. The summed E-state index contributed by atoms with van der Waals surface area (Å²) in [5.74, 6) is -13.5. The average molecular weight is 1690 g/mol. The number of nitrogens with zero attached hydrogens (tertiary/aromatic N) is 3. The van der Waals surface area contributed by atoms with Crippen LogP contribution in [0.15, 0.2) is 187 Å². The van der Waals surface area contributed by atoms with Gasteiger partial charge in [0.05, 0.1) is 42.1 Å². The summed E-state index contributed by atoms with van der Waals surface area (Å²) >= 11 is 6.30. The number of carbonyl (C=O) groups excluding carboxylic acids is 9. The van der Waals surface area contributed by atoms with Crippen LogP contribution in [-0.4, -0.2) is 247 Å². The summed E-state index contributed by atoms with van der Waals surface area (Å²) in [7, 11) is 2.55. The minimum absolute atomic E-state index is 0.0216. The Kier molecular flexibility index (Phi) is 30.5. The Morgan fingerprint density at radius 2 is 0.867 bits per heavy atom. The smallest absolute Gasteiger partial charge is 0.338 e. The third-order valence-electron chi connectivity index (χ3n) is 20.4. The third-order valence-corrected chi connectivity index (χ3v) is 20.6. The number of methoxy groups -OCH3 is 2. The number of rotatable bonds is 34. The monoisotopic (exact) mass is 1690 g/mol. The first-order chi connectivity index (χ1) is 57.9. The van der Waals surface area contributed by atoms with Crippen LogP contribution in [-0.2, 0) is 146 Å². The molecule has 0 aromatic heterocycles. The number of benzene rings is 6. The molecule has 0 N–H and O–H groups in total. The second-order valence-corrected chi connectivity index (χ2v) is 28.8. The van der Waals surface area contributed by atoms with Gasteiger partial charge in [0.15, 0.2) is 61.8 Å². The lowest BCUT2D eigenvalue weighted by atomic mass is 9.90. The van der Waals surface area contributed by atoms with Gasteiger partial charge < -0.3 is 109 Å². The molecule has 0 saturated carbocycles. The van der Waals surface area contributed by atoms with E-state index in [1.54, 1.807) is 133 Å². The van der Waals surface area contributed by atoms with Crippen molar-refractivity contribution in [3.05, 3.63) is 226 Å². The maximum Gasteiger partial charge on any atom is 0.338 e. The Balaban J connectivity index is 1.08. The van der Waals surface area contributed by atoms with E-state index in [-0.39, 0.29) is 35.5 Å². The van der Waals surface area contributed by atoms with Crippen LogP contribution in [0.5, 0.6) is 0 Å². The largest absolute Gasteiger partial charge is 0.463 e. The number of hydrogen-bond donors (Lipinski definition) is 0. The summed E-state index contributed by atoms with van der Waals surface area (Å²) in [4.78, 5) is 129. The van der Waals surface area contributed by atoms with Crippen LogP contribution >= 0.6 is 11.6 Å². The molecule has 0 aliphatic carbocycles. The Morgan fingerprint density at radius 3 is 1.38 bits per heavy atom. The Hall–Kier alpha value is -10.4. The molecule has 0 spiro atoms. The Bertz CT molecular complexity index is 4510. The van der Waals surface area contributed by atoms with Crippen molar-refractivity contribution in [2.45, 2.75) is 201 Å². The van der Waals surface area contributed by atoms with Gasteiger partial charge in [-0.3, -0.25) is 24.0 Å². The molecule has 2 bridgehead atoms. The summed E-state index contributed by atoms with van der Waals surface area (Å²) < 4.78 is 151. The lowest BCUT2D eigenvalue weighted by molar-refractivity contribution is -0.490. The SMILES string of the molecule is CO[C@@]1(C)O[C@H]2[C@H](O[C@]1(C)OC)[C@@H]([C@H](COCc1ccccc1)OC(=O)CCl)O[C@H](O[C@H]1[C@H](O[C@@H]3O[C@H](COC(=O)c4ccccc4)[C@@H](OC(=O)c4ccccc4)[C@H](OC(=O)c4ccccc4)[C@H]3OC(=O)c3ccccc3)[C@@H]3O[C@@H](O[C@H]3COC(C)=O)[C@H]1OCc1ccccc1)[C@H]2O[C@@H]1O[C@H](COC(C)=O)[C@@H](OC(C)=O)[C@H](OC(C)=O)[C@H]1N=[N+]=[N-]. The van der Waals surface area contributed by atoms with Gasteiger partial charge in [-0.15, -0.1) is 11.6 Å². The molecule has 6 aromatic rings. The first kappa shape index (κ1) is 88.9. The van der Waals surface area contributed by atoms with E-state index < -0.39 is 233 Å². The van der Waals surface area contributed by atoms with Crippen molar-refractivity contribution in [2.75, 3.05) is 46.5 Å². The number of alkyl halides is 1. The topological polar surface area (TPSA) is 415 Å². The van der Waals surface area contributed by atoms with E-state index in [9.17, 15) is 39.1 Å². The molecule has 36 heteroatoms. The Labute approximate surface area is 693 Å². The second kappa shape index (κ2) is 41.2. The molecule has 6 saturated heterocycles. The van der Waals surface area contributed by atoms with Crippen LogP contribution in [0.25, 0.3) is 10.4 Å². The molecule has 640 valence electrons. The highest BCUT2D eigenvalue weighted by Crippen LogP contribution is 2.49. The maximum absolute atomic E-state index is 15.2. The molecular weight excluding hydrogens is 1600 g/mol. The zero-order valence-electron chi connectivity index (χ0n) is 66.3. The van der Waals surface area contributed by atoms with E-state index in [2.05, 4.69) is 10.0 Å². The predicted molar refractivity (Wildman–Crippen MR) is 407 cm³/mol. The average Bonchev–Trinajstić information content (AvgIpc) is 0.733. The van der Waals surface area contributed by atoms with Crippen molar-refractivity contribution in [2.24, 2.45) is 5.11 Å². The van der Waals surface area contributed by atoms with Crippen molar-refractivity contribution < 1.29 is 152 Å². The quantitative estimate of drug-likeness (QED) is 0.00918. The summed E-state index contributed by atoms with van der Waals surface area (Å²) in [6, 6.07) is 46.2. The van der Waals surface area contributed by atoms with Crippen molar-refractivity contribution in [3.63, 3.8) is 0 Å². The van der Waals surface area contributed by atoms with Gasteiger partial charge in [0.25, 0.3) is 0 Å². The molecule has 0 amide bonds. The van der Waals surface area contributed by atoms with Crippen LogP contribution in [0.3, 0.4) is 0 Å². The second-order valence-electron chi connectivity index (χ2n) is 28.5. The molecule has 6 fully saturated rings. The lowest BCUT2D eigenvalue weighted by Crippen LogP contribution is -2.75. The molecule has 0 unspecified atom stereocenters. The number of fused-ring (bicyclic) bond motifs is 3. The first-order valence-electron chi connectivity index (χ1n) is 38.3. The normalized spacial score (nSPS) is 30.7. The fraction of sp³-hybridized carbons (Fsp3) is 0.464. The summed E-state index contributed by atoms with van der Waals surface area (Å²) in [5.41, 5.74) is 11.7. The van der Waals surface area contributed by atoms with Crippen LogP contribution in [0.2, 0.25) is 0 Å². The number of ether oxygens (including phenoxy) is 23. The minimum atomic E-state index is -2.21. The van der Waals surface area contributed by atoms with Gasteiger partial charge in [0, 0.05) is 46.8 Å². The van der Waals surface area contributed by atoms with Gasteiger partial charge in [-0.05, 0) is 79.0 Å². The highest BCUT2D eigenvalue weighted by molar-refractivity contribution is 6.26. The van der Waals surface area contributed by atoms with Crippen LogP contribution in [0.1, 0.15) is 94.1 Å². The number of halogens is 1. The van der Waals surface area contributed by atoms with Gasteiger partial charge in [-0.2, -0.15) is 0 Å². The van der Waals surface area contributed by atoms with Gasteiger partial charge in [-0.25, -0.2) is 19.2 Å². The highest BCUT2D eigenvalue weighted by Gasteiger charge is 2.68. The standard InChI is InChI=1S/C84H90ClN3O32/c1-46(89)101-43-57-62(105-48(3)91)66(106-49(4)92)61(87-88-86)79(108-57)118-74-71-70(119-83(5,98-7)84(6,99-8)120-71)65(56(107-60(93)39-85)42-100-40-50-27-15-9-16-28-50)115-82(74)117-69-67(64-58(44-102-47(2)90)109-80(114-64)72(69)103-41-51-29-17-10-18-30-51)116-81-73(113-78(97)55-37-25-14-26-38-55)68(112-77(96)54-35-23-13-24-36-54)63(111-76(95)53-33-21-12-22-34-53)59(110-81)45-104-75(94)52-31-19-11-20-32-52/h9-38,56-59,61-74,79-82H,39-45H2,1-8H3/t56-,57+,58-,59+,61+,62+,63+,64+,65+,66+,67+,68-,69-,70+,71-,72-,73+,74-,79-,80+,81-,82+,83-,84-/m0/s1. The molecule has 6 aromatic carbocycles. The molecule has 6 heterocycles. The van der Waals surface area contributed by atoms with E-state index in [0.717, 1.165) is 27.7 Å². The van der Waals surface area contributed by atoms with Crippen LogP contribution in [0, 0.1) is 0 Å². The molecular formula is C84H90ClN3O32. The molecule has 120 heavy (non-hydrogen) atoms. The summed E-state index contributed by atoms with van der Waals surface area (Å²) in [5, 5.41) is 4.02. The summed E-state index contributed by atoms with van der Waals surface area (Å²) in [6.45, 7) is 4.06. The van der Waals surface area contributed by atoms with E-state index in [1.165, 1.54) is 76.6 Å². The van der Waals surface area contributed by atoms with Gasteiger partial charge in [0.2, 0.25) is 11.6 Å². The summed E-state index contributed by atoms with van der Waals surface area (Å²) in [6.07, 6.45) is -38.6. The number of azide groups is 1. The van der Waals surface area contributed by atoms with E-state index in [1.807, 2.05) is 0 Å². The van der Waals surface area contributed by atoms with Gasteiger partial charge >= 0.3 is 53.7 Å². The van der Waals surface area contributed by atoms with Gasteiger partial charge in [0.1, 0.15) is 98.9 Å². The van der Waals surface area contributed by atoms with Crippen LogP contribution < -0.4 is 0 Å². The highest BCUT2D eigenvalue weighted by atomic mass is 35.5. The zero-order valence-corrected chi connectivity index (χ0v) is 67.0. The number of hydrogen-bond acceptors (Lipinski definition) is 33. The zero-order chi connectivity index (χ0) is 85.2. The van der Waals surface area contributed by atoms with Crippen LogP contribution in [0.4, 0.5) is 0 Å². The van der Waals surface area contributed by atoms with Crippen molar-refractivity contribution in [1.82, 2.24) is 0 Å². The first-order valence-corrected chi connectivity index (χ1v) is 38.8. The lowest BCUT2D eigenvalue weighted by Gasteiger charge is -2.58. The van der Waals surface area contributed by atoms with Crippen molar-refractivity contribution >= 4 is 65.3 Å². The number of carbonyl (C=O) groups is 9. The molecule has 0 radical (unpaired) electrons. The minimum Gasteiger partial charge on any atom is -0.463 e. The number of esters is 9. The molecule has 6 aliphatic rings. The van der Waals surface area contributed by atoms with Crippen molar-refractivity contribution in [1.29, 1.82) is 0 Å². The maximum atomic E-state index is 15.2. The fourth-order valence-electron chi connectivity index (χ4n) is 14.5. The molecule has 12 rings (SSSR count). The predicted octanol–water partition coefficient (Wildman–Crippen LogP) is 8.10. The Morgan fingerprint density at radius 1 is 0.433 bits per heavy atom. The van der Waals surface area contributed by atoms with Crippen molar-refractivity contribution in [3.8, 4) is 0 Å². The van der Waals surface area contributed by atoms with E-state index in [4.69, 9.17) is 121 Å². The third kappa shape index (κ3) is 21.7. The molecule has 24 atom stereocenters. The fourth-order valence-corrected chi connectivity index (χ4v) is 14.5. The van der Waals surface area contributed by atoms with Gasteiger partial charge in [-0.1, -0.05) is 139 Å². The molecule has 6 aliphatic heterocycles.